The summed E-state index contributed by atoms with van der Waals surface area (Å²) in [4.78, 5) is 10.9. The van der Waals surface area contributed by atoms with E-state index in [9.17, 15) is 17.6 Å². The molecule has 0 saturated heterocycles. The summed E-state index contributed by atoms with van der Waals surface area (Å²) in [7, 11) is -3.96. The Morgan fingerprint density at radius 2 is 1.59 bits per heavy atom. The highest BCUT2D eigenvalue weighted by atomic mass is 32.2. The Hall–Kier alpha value is -2.41. The van der Waals surface area contributed by atoms with Gasteiger partial charge in [0.05, 0.1) is 10.6 Å². The number of benzene rings is 2. The molecule has 0 atom stereocenters. The van der Waals surface area contributed by atoms with Crippen molar-refractivity contribution in [3.05, 3.63) is 59.4 Å². The van der Waals surface area contributed by atoms with Crippen molar-refractivity contribution >= 4 is 21.7 Å². The van der Waals surface area contributed by atoms with Gasteiger partial charge in [0.2, 0.25) is 0 Å². The molecular weight excluding hydrogens is 369 g/mol. The fourth-order valence-electron chi connectivity index (χ4n) is 3.00. The van der Waals surface area contributed by atoms with Crippen LogP contribution in [-0.4, -0.2) is 26.0 Å². The Morgan fingerprint density at radius 3 is 2.07 bits per heavy atom. The molecule has 146 valence electrons. The van der Waals surface area contributed by atoms with E-state index in [0.717, 1.165) is 23.3 Å². The van der Waals surface area contributed by atoms with Gasteiger partial charge in [0.25, 0.3) is 10.0 Å². The molecule has 0 aliphatic heterocycles. The fourth-order valence-corrected chi connectivity index (χ4v) is 4.57. The topological polar surface area (TPSA) is 74.7 Å². The first kappa shape index (κ1) is 20.9. The maximum Gasteiger partial charge on any atom is 0.303 e. The molecule has 0 heterocycles. The molecule has 27 heavy (non-hydrogen) atoms. The zero-order valence-corrected chi connectivity index (χ0v) is 16.3. The number of anilines is 1. The summed E-state index contributed by atoms with van der Waals surface area (Å²) in [6, 6.07) is 10.3. The number of hydrogen-bond acceptors (Lipinski definition) is 3. The normalized spacial score (nSPS) is 11.4. The van der Waals surface area contributed by atoms with E-state index in [4.69, 9.17) is 5.11 Å². The van der Waals surface area contributed by atoms with Crippen LogP contribution in [0.3, 0.4) is 0 Å². The summed E-state index contributed by atoms with van der Waals surface area (Å²) >= 11 is 0. The van der Waals surface area contributed by atoms with Gasteiger partial charge in [-0.05, 0) is 54.7 Å². The minimum absolute atomic E-state index is 0.0211. The third-order valence-electron chi connectivity index (χ3n) is 4.37. The molecule has 2 rings (SSSR count). The van der Waals surface area contributed by atoms with Gasteiger partial charge in [-0.2, -0.15) is 0 Å². The maximum atomic E-state index is 13.3. The third kappa shape index (κ3) is 4.86. The fraction of sp³-hybridized carbons (Fsp3) is 0.350. The minimum Gasteiger partial charge on any atom is -0.481 e. The summed E-state index contributed by atoms with van der Waals surface area (Å²) in [6.07, 6.45) is 1.32. The molecular formula is C20H24FNO4S. The summed E-state index contributed by atoms with van der Waals surface area (Å²) in [5.41, 5.74) is 2.34. The summed E-state index contributed by atoms with van der Waals surface area (Å²) in [5.74, 6) is -1.50. The minimum atomic E-state index is -3.96. The Morgan fingerprint density at radius 1 is 1.04 bits per heavy atom. The van der Waals surface area contributed by atoms with Crippen molar-refractivity contribution in [3.8, 4) is 0 Å². The molecule has 2 aromatic carbocycles. The number of aliphatic carboxylic acids is 1. The Balaban J connectivity index is 2.58. The van der Waals surface area contributed by atoms with Crippen LogP contribution in [0.4, 0.5) is 10.1 Å². The van der Waals surface area contributed by atoms with Crippen molar-refractivity contribution in [1.29, 1.82) is 0 Å². The van der Waals surface area contributed by atoms with Crippen LogP contribution in [-0.2, 0) is 27.7 Å². The van der Waals surface area contributed by atoms with Gasteiger partial charge >= 0.3 is 5.97 Å². The highest BCUT2D eigenvalue weighted by Crippen LogP contribution is 2.32. The van der Waals surface area contributed by atoms with Crippen molar-refractivity contribution in [2.75, 3.05) is 10.8 Å². The first-order valence-corrected chi connectivity index (χ1v) is 10.4. The number of aryl methyl sites for hydroxylation is 2. The molecule has 0 radical (unpaired) electrons. The molecule has 0 unspecified atom stereocenters. The molecule has 0 spiro atoms. The standard InChI is InChI=1S/C20H24FNO4S/c1-3-15-7-5-8-16(4-2)20(15)22(14-6-9-19(23)24)27(25,26)18-12-10-17(21)11-13-18/h5,7-8,10-13H,3-4,6,9,14H2,1-2H3,(H,23,24). The lowest BCUT2D eigenvalue weighted by molar-refractivity contribution is -0.137. The van der Waals surface area contributed by atoms with Crippen molar-refractivity contribution in [1.82, 2.24) is 0 Å². The number of halogens is 1. The van der Waals surface area contributed by atoms with Crippen molar-refractivity contribution < 1.29 is 22.7 Å². The average molecular weight is 393 g/mol. The predicted octanol–water partition coefficient (Wildman–Crippen LogP) is 4.01. The Bertz CT molecular complexity index is 872. The lowest BCUT2D eigenvalue weighted by atomic mass is 10.0. The van der Waals surface area contributed by atoms with E-state index < -0.39 is 21.8 Å². The van der Waals surface area contributed by atoms with Gasteiger partial charge in [0.15, 0.2) is 0 Å². The van der Waals surface area contributed by atoms with E-state index in [0.29, 0.717) is 18.5 Å². The van der Waals surface area contributed by atoms with Gasteiger partial charge in [0.1, 0.15) is 5.82 Å². The molecule has 0 saturated carbocycles. The monoisotopic (exact) mass is 393 g/mol. The van der Waals surface area contributed by atoms with Gasteiger partial charge in [-0.3, -0.25) is 9.10 Å². The number of carbonyl (C=O) groups is 1. The molecule has 2 aromatic rings. The smallest absolute Gasteiger partial charge is 0.303 e. The van der Waals surface area contributed by atoms with Crippen LogP contribution in [0.15, 0.2) is 47.4 Å². The first-order valence-electron chi connectivity index (χ1n) is 8.92. The lowest BCUT2D eigenvalue weighted by Crippen LogP contribution is -2.34. The number of para-hydroxylation sites is 1. The van der Waals surface area contributed by atoms with E-state index >= 15 is 0 Å². The Labute approximate surface area is 159 Å². The van der Waals surface area contributed by atoms with E-state index in [-0.39, 0.29) is 24.3 Å². The number of hydrogen-bond donors (Lipinski definition) is 1. The van der Waals surface area contributed by atoms with Crippen LogP contribution in [0.25, 0.3) is 0 Å². The number of nitrogens with zero attached hydrogens (tertiary/aromatic N) is 1. The van der Waals surface area contributed by atoms with Crippen LogP contribution >= 0.6 is 0 Å². The number of carboxylic acids is 1. The molecule has 0 aliphatic carbocycles. The van der Waals surface area contributed by atoms with E-state index in [1.165, 1.54) is 16.4 Å². The number of rotatable bonds is 9. The van der Waals surface area contributed by atoms with E-state index in [2.05, 4.69) is 0 Å². The highest BCUT2D eigenvalue weighted by molar-refractivity contribution is 7.92. The molecule has 1 N–H and O–H groups in total. The van der Waals surface area contributed by atoms with Crippen LogP contribution < -0.4 is 4.31 Å². The average Bonchev–Trinajstić information content (AvgIpc) is 2.64. The predicted molar refractivity (Wildman–Crippen MR) is 103 cm³/mol. The SMILES string of the molecule is CCc1cccc(CC)c1N(CCCC(=O)O)S(=O)(=O)c1ccc(F)cc1. The first-order chi connectivity index (χ1) is 12.8. The summed E-state index contributed by atoms with van der Waals surface area (Å²) in [6.45, 7) is 3.92. The van der Waals surface area contributed by atoms with E-state index in [1.807, 2.05) is 32.0 Å². The maximum absolute atomic E-state index is 13.3. The third-order valence-corrected chi connectivity index (χ3v) is 6.18. The van der Waals surface area contributed by atoms with Gasteiger partial charge in [0, 0.05) is 13.0 Å². The zero-order valence-electron chi connectivity index (χ0n) is 15.5. The Kier molecular flexibility index (Phi) is 6.96. The van der Waals surface area contributed by atoms with E-state index in [1.54, 1.807) is 0 Å². The molecule has 0 aliphatic rings. The van der Waals surface area contributed by atoms with Gasteiger partial charge < -0.3 is 5.11 Å². The molecule has 7 heteroatoms. The number of sulfonamides is 1. The molecule has 0 bridgehead atoms. The lowest BCUT2D eigenvalue weighted by Gasteiger charge is -2.28. The van der Waals surface area contributed by atoms with Gasteiger partial charge in [-0.25, -0.2) is 12.8 Å². The largest absolute Gasteiger partial charge is 0.481 e. The van der Waals surface area contributed by atoms with Crippen molar-refractivity contribution in [2.24, 2.45) is 0 Å². The summed E-state index contributed by atoms with van der Waals surface area (Å²) in [5, 5.41) is 8.94. The second-order valence-electron chi connectivity index (χ2n) is 6.16. The second-order valence-corrected chi connectivity index (χ2v) is 8.02. The summed E-state index contributed by atoms with van der Waals surface area (Å²) < 4.78 is 41.2. The van der Waals surface area contributed by atoms with Crippen LogP contribution in [0.2, 0.25) is 0 Å². The van der Waals surface area contributed by atoms with Crippen LogP contribution in [0.1, 0.15) is 37.8 Å². The molecule has 0 amide bonds. The van der Waals surface area contributed by atoms with Gasteiger partial charge in [-0.15, -0.1) is 0 Å². The zero-order chi connectivity index (χ0) is 20.0. The molecule has 0 aromatic heterocycles. The highest BCUT2D eigenvalue weighted by Gasteiger charge is 2.28. The van der Waals surface area contributed by atoms with Crippen molar-refractivity contribution in [2.45, 2.75) is 44.4 Å². The molecule has 0 fully saturated rings. The van der Waals surface area contributed by atoms with Crippen LogP contribution in [0, 0.1) is 5.82 Å². The second kappa shape index (κ2) is 8.99. The number of carboxylic acid groups (broad SMARTS) is 1. The molecule has 5 nitrogen and oxygen atoms in total. The van der Waals surface area contributed by atoms with Crippen molar-refractivity contribution in [3.63, 3.8) is 0 Å². The van der Waals surface area contributed by atoms with Crippen LogP contribution in [0.5, 0.6) is 0 Å². The van der Waals surface area contributed by atoms with Gasteiger partial charge in [-0.1, -0.05) is 32.0 Å². The quantitative estimate of drug-likeness (QED) is 0.698.